The van der Waals surface area contributed by atoms with Crippen LogP contribution in [0.15, 0.2) is 60.8 Å². The van der Waals surface area contributed by atoms with Crippen LogP contribution in [0.3, 0.4) is 0 Å². The van der Waals surface area contributed by atoms with E-state index >= 15 is 0 Å². The third-order valence-electron chi connectivity index (χ3n) is 4.61. The van der Waals surface area contributed by atoms with Gasteiger partial charge in [-0.15, -0.1) is 0 Å². The average molecular weight is 376 g/mol. The number of para-hydroxylation sites is 1. The van der Waals surface area contributed by atoms with Gasteiger partial charge in [0.2, 0.25) is 5.91 Å². The van der Waals surface area contributed by atoms with Crippen LogP contribution in [0.2, 0.25) is 0 Å². The zero-order valence-electron chi connectivity index (χ0n) is 16.3. The molecule has 2 amide bonds. The summed E-state index contributed by atoms with van der Waals surface area (Å²) in [6, 6.07) is 17.7. The fourth-order valence-electron chi connectivity index (χ4n) is 2.93. The molecule has 28 heavy (non-hydrogen) atoms. The highest BCUT2D eigenvalue weighted by atomic mass is 16.2. The first kappa shape index (κ1) is 19.4. The van der Waals surface area contributed by atoms with Crippen LogP contribution >= 0.6 is 0 Å². The molecule has 0 aliphatic heterocycles. The number of nitrogens with one attached hydrogen (secondary N) is 1. The summed E-state index contributed by atoms with van der Waals surface area (Å²) in [6.07, 6.45) is 2.67. The molecule has 2 aromatic carbocycles. The van der Waals surface area contributed by atoms with Crippen molar-refractivity contribution in [3.63, 3.8) is 0 Å². The van der Waals surface area contributed by atoms with E-state index in [-0.39, 0.29) is 18.4 Å². The van der Waals surface area contributed by atoms with Crippen LogP contribution in [-0.4, -0.2) is 47.1 Å². The topological polar surface area (TPSA) is 67.2 Å². The normalized spacial score (nSPS) is 10.5. The molecule has 0 atom stereocenters. The van der Waals surface area contributed by atoms with Crippen molar-refractivity contribution in [1.29, 1.82) is 0 Å². The molecule has 1 aromatic heterocycles. The van der Waals surface area contributed by atoms with Gasteiger partial charge in [0.15, 0.2) is 0 Å². The number of hydrogen-bond donors (Lipinski definition) is 1. The Labute approximate surface area is 164 Å². The Kier molecular flexibility index (Phi) is 5.89. The summed E-state index contributed by atoms with van der Waals surface area (Å²) in [7, 11) is 3.16. The molecule has 0 spiro atoms. The second-order valence-corrected chi connectivity index (χ2v) is 6.56. The number of aromatic nitrogens is 2. The predicted molar refractivity (Wildman–Crippen MR) is 109 cm³/mol. The summed E-state index contributed by atoms with van der Waals surface area (Å²) in [5, 5.41) is 7.22. The van der Waals surface area contributed by atoms with Crippen molar-refractivity contribution in [2.24, 2.45) is 0 Å². The molecule has 3 rings (SSSR count). The Hall–Kier alpha value is -3.41. The molecule has 6 nitrogen and oxygen atoms in total. The van der Waals surface area contributed by atoms with Crippen LogP contribution in [0.4, 0.5) is 0 Å². The van der Waals surface area contributed by atoms with Crippen molar-refractivity contribution in [1.82, 2.24) is 20.0 Å². The Balaban J connectivity index is 2.04. The molecule has 0 saturated heterocycles. The van der Waals surface area contributed by atoms with Gasteiger partial charge in [-0.05, 0) is 24.1 Å². The number of rotatable bonds is 6. The molecule has 144 valence electrons. The monoisotopic (exact) mass is 376 g/mol. The van der Waals surface area contributed by atoms with Crippen molar-refractivity contribution in [2.45, 2.75) is 13.3 Å². The number of benzene rings is 2. The molecule has 0 saturated carbocycles. The van der Waals surface area contributed by atoms with Gasteiger partial charge in [-0.1, -0.05) is 49.4 Å². The third kappa shape index (κ3) is 4.11. The first-order chi connectivity index (χ1) is 13.5. The van der Waals surface area contributed by atoms with E-state index in [0.29, 0.717) is 11.3 Å². The van der Waals surface area contributed by atoms with E-state index in [4.69, 9.17) is 0 Å². The standard InChI is InChI=1S/C22H24N4O2/c1-4-16-10-12-17(13-11-16)21-19(22(28)25(3)15-20(27)23-2)14-26(24-21)18-8-6-5-7-9-18/h5-14H,4,15H2,1-3H3,(H,23,27). The molecule has 0 aliphatic rings. The van der Waals surface area contributed by atoms with Gasteiger partial charge in [-0.25, -0.2) is 4.68 Å². The van der Waals surface area contributed by atoms with Gasteiger partial charge in [0.25, 0.3) is 5.91 Å². The van der Waals surface area contributed by atoms with Gasteiger partial charge in [0.05, 0.1) is 17.8 Å². The minimum Gasteiger partial charge on any atom is -0.358 e. The Morgan fingerprint density at radius 3 is 2.36 bits per heavy atom. The number of carbonyl (C=O) groups excluding carboxylic acids is 2. The maximum absolute atomic E-state index is 13.1. The number of amides is 2. The van der Waals surface area contributed by atoms with E-state index in [1.165, 1.54) is 10.5 Å². The second kappa shape index (κ2) is 8.52. The molecule has 0 aliphatic carbocycles. The van der Waals surface area contributed by atoms with E-state index in [1.54, 1.807) is 25.0 Å². The molecule has 3 aromatic rings. The predicted octanol–water partition coefficient (Wildman–Crippen LogP) is 2.92. The molecule has 1 N–H and O–H groups in total. The fourth-order valence-corrected chi connectivity index (χ4v) is 2.93. The molecule has 0 bridgehead atoms. The maximum atomic E-state index is 13.1. The summed E-state index contributed by atoms with van der Waals surface area (Å²) < 4.78 is 1.70. The Bertz CT molecular complexity index is 962. The Morgan fingerprint density at radius 1 is 1.07 bits per heavy atom. The number of hydrogen-bond acceptors (Lipinski definition) is 3. The molecule has 0 unspecified atom stereocenters. The summed E-state index contributed by atoms with van der Waals surface area (Å²) in [5.74, 6) is -0.472. The summed E-state index contributed by atoms with van der Waals surface area (Å²) in [6.45, 7) is 2.09. The molecular formula is C22H24N4O2. The van der Waals surface area contributed by atoms with Crippen molar-refractivity contribution in [3.8, 4) is 16.9 Å². The lowest BCUT2D eigenvalue weighted by Gasteiger charge is -2.15. The van der Waals surface area contributed by atoms with Gasteiger partial charge in [-0.2, -0.15) is 5.10 Å². The highest BCUT2D eigenvalue weighted by Gasteiger charge is 2.22. The summed E-state index contributed by atoms with van der Waals surface area (Å²) in [5.41, 5.74) is 4.00. The summed E-state index contributed by atoms with van der Waals surface area (Å²) >= 11 is 0. The Morgan fingerprint density at radius 2 is 1.75 bits per heavy atom. The van der Waals surface area contributed by atoms with Gasteiger partial charge < -0.3 is 10.2 Å². The zero-order chi connectivity index (χ0) is 20.1. The SMILES string of the molecule is CCc1ccc(-c2nn(-c3ccccc3)cc2C(=O)N(C)CC(=O)NC)cc1. The lowest BCUT2D eigenvalue weighted by atomic mass is 10.0. The first-order valence-electron chi connectivity index (χ1n) is 9.24. The number of carbonyl (C=O) groups is 2. The van der Waals surface area contributed by atoms with E-state index in [1.807, 2.05) is 54.6 Å². The van der Waals surface area contributed by atoms with Crippen LogP contribution in [0, 0.1) is 0 Å². The van der Waals surface area contributed by atoms with Crippen LogP contribution in [-0.2, 0) is 11.2 Å². The molecule has 1 heterocycles. The number of aryl methyl sites for hydroxylation is 1. The second-order valence-electron chi connectivity index (χ2n) is 6.56. The fraction of sp³-hybridized carbons (Fsp3) is 0.227. The van der Waals surface area contributed by atoms with Gasteiger partial charge >= 0.3 is 0 Å². The zero-order valence-corrected chi connectivity index (χ0v) is 16.3. The third-order valence-corrected chi connectivity index (χ3v) is 4.61. The number of likely N-dealkylation sites (N-methyl/N-ethyl adjacent to an activating group) is 2. The van der Waals surface area contributed by atoms with Gasteiger partial charge in [-0.3, -0.25) is 9.59 Å². The lowest BCUT2D eigenvalue weighted by Crippen LogP contribution is -2.36. The largest absolute Gasteiger partial charge is 0.358 e. The van der Waals surface area contributed by atoms with Crippen molar-refractivity contribution in [2.75, 3.05) is 20.6 Å². The smallest absolute Gasteiger partial charge is 0.257 e. The van der Waals surface area contributed by atoms with Crippen molar-refractivity contribution < 1.29 is 9.59 Å². The van der Waals surface area contributed by atoms with E-state index < -0.39 is 0 Å². The highest BCUT2D eigenvalue weighted by molar-refractivity contribution is 6.01. The quantitative estimate of drug-likeness (QED) is 0.719. The van der Waals surface area contributed by atoms with Crippen molar-refractivity contribution >= 4 is 11.8 Å². The molecule has 0 fully saturated rings. The number of nitrogens with zero attached hydrogens (tertiary/aromatic N) is 3. The van der Waals surface area contributed by atoms with E-state index in [9.17, 15) is 9.59 Å². The maximum Gasteiger partial charge on any atom is 0.257 e. The van der Waals surface area contributed by atoms with Crippen LogP contribution < -0.4 is 5.32 Å². The summed E-state index contributed by atoms with van der Waals surface area (Å²) in [4.78, 5) is 26.1. The van der Waals surface area contributed by atoms with Crippen LogP contribution in [0.25, 0.3) is 16.9 Å². The molecule has 6 heteroatoms. The van der Waals surface area contributed by atoms with Crippen LogP contribution in [0.5, 0.6) is 0 Å². The van der Waals surface area contributed by atoms with E-state index in [2.05, 4.69) is 17.3 Å². The molecular weight excluding hydrogens is 352 g/mol. The van der Waals surface area contributed by atoms with Gasteiger partial charge in [0, 0.05) is 25.9 Å². The van der Waals surface area contributed by atoms with Crippen molar-refractivity contribution in [3.05, 3.63) is 71.9 Å². The first-order valence-corrected chi connectivity index (χ1v) is 9.24. The minimum atomic E-state index is -0.250. The molecule has 0 radical (unpaired) electrons. The van der Waals surface area contributed by atoms with E-state index in [0.717, 1.165) is 17.7 Å². The highest BCUT2D eigenvalue weighted by Crippen LogP contribution is 2.25. The minimum absolute atomic E-state index is 0.0138. The van der Waals surface area contributed by atoms with Gasteiger partial charge in [0.1, 0.15) is 5.69 Å². The lowest BCUT2D eigenvalue weighted by molar-refractivity contribution is -0.121. The average Bonchev–Trinajstić information content (AvgIpc) is 3.19. The van der Waals surface area contributed by atoms with Crippen LogP contribution in [0.1, 0.15) is 22.8 Å².